The third-order valence-corrected chi connectivity index (χ3v) is 3.54. The van der Waals surface area contributed by atoms with Gasteiger partial charge in [0.1, 0.15) is 0 Å². The van der Waals surface area contributed by atoms with Gasteiger partial charge in [-0.25, -0.2) is 0 Å². The van der Waals surface area contributed by atoms with Crippen molar-refractivity contribution in [2.45, 2.75) is 52.1 Å². The second-order valence-corrected chi connectivity index (χ2v) is 5.20. The van der Waals surface area contributed by atoms with Crippen molar-refractivity contribution >= 4 is 5.91 Å². The summed E-state index contributed by atoms with van der Waals surface area (Å²) in [7, 11) is 0. The molecule has 1 aliphatic heterocycles. The maximum atomic E-state index is 12.1. The van der Waals surface area contributed by atoms with Crippen LogP contribution in [-0.4, -0.2) is 54.0 Å². The molecule has 1 saturated heterocycles. The van der Waals surface area contributed by atoms with E-state index in [0.29, 0.717) is 6.04 Å². The number of rotatable bonds is 5. The fraction of sp³-hybridized carbons (Fsp3) is 0.923. The Morgan fingerprint density at radius 3 is 2.29 bits per heavy atom. The summed E-state index contributed by atoms with van der Waals surface area (Å²) in [5, 5.41) is 0. The molecule has 0 aromatic carbocycles. The van der Waals surface area contributed by atoms with Crippen LogP contribution in [-0.2, 0) is 4.79 Å². The molecular formula is C13H27N3O. The van der Waals surface area contributed by atoms with Crippen LogP contribution in [0.3, 0.4) is 0 Å². The van der Waals surface area contributed by atoms with Gasteiger partial charge in [0.25, 0.3) is 0 Å². The van der Waals surface area contributed by atoms with Gasteiger partial charge in [-0.1, -0.05) is 19.8 Å². The van der Waals surface area contributed by atoms with E-state index in [1.165, 1.54) is 0 Å². The van der Waals surface area contributed by atoms with Crippen LogP contribution in [0, 0.1) is 0 Å². The van der Waals surface area contributed by atoms with Crippen LogP contribution in [0.25, 0.3) is 0 Å². The largest absolute Gasteiger partial charge is 0.339 e. The molecule has 1 aliphatic rings. The fourth-order valence-corrected chi connectivity index (χ4v) is 2.24. The first-order valence-corrected chi connectivity index (χ1v) is 6.84. The molecule has 1 rings (SSSR count). The Balaban J connectivity index is 2.35. The lowest BCUT2D eigenvalue weighted by Crippen LogP contribution is -2.54. The molecule has 1 heterocycles. The molecule has 0 radical (unpaired) electrons. The number of nitrogens with zero attached hydrogens (tertiary/aromatic N) is 2. The molecular weight excluding hydrogens is 214 g/mol. The van der Waals surface area contributed by atoms with E-state index in [-0.39, 0.29) is 11.9 Å². The van der Waals surface area contributed by atoms with Crippen molar-refractivity contribution < 1.29 is 4.79 Å². The number of carbonyl (C=O) groups is 1. The summed E-state index contributed by atoms with van der Waals surface area (Å²) in [6.07, 6.45) is 2.96. The van der Waals surface area contributed by atoms with Crippen LogP contribution in [0.4, 0.5) is 0 Å². The molecule has 1 atom stereocenters. The summed E-state index contributed by atoms with van der Waals surface area (Å²) in [6, 6.07) is 0.279. The van der Waals surface area contributed by atoms with E-state index in [4.69, 9.17) is 5.73 Å². The highest BCUT2D eigenvalue weighted by Crippen LogP contribution is 2.09. The SMILES string of the molecule is CCCCC(N)C(=O)N1CCN(C(C)C)CC1. The number of carbonyl (C=O) groups excluding carboxylic acids is 1. The third kappa shape index (κ3) is 4.28. The molecule has 0 spiro atoms. The predicted molar refractivity (Wildman–Crippen MR) is 70.8 cm³/mol. The molecule has 1 fully saturated rings. The summed E-state index contributed by atoms with van der Waals surface area (Å²) in [5.74, 6) is 0.141. The molecule has 0 aliphatic carbocycles. The third-order valence-electron chi connectivity index (χ3n) is 3.54. The smallest absolute Gasteiger partial charge is 0.239 e. The Kier molecular flexibility index (Phi) is 5.92. The minimum absolute atomic E-state index is 0.141. The molecule has 0 bridgehead atoms. The Bertz CT molecular complexity index is 235. The van der Waals surface area contributed by atoms with Gasteiger partial charge in [0, 0.05) is 32.2 Å². The van der Waals surface area contributed by atoms with Crippen molar-refractivity contribution in [3.63, 3.8) is 0 Å². The molecule has 1 unspecified atom stereocenters. The average Bonchev–Trinajstić information content (AvgIpc) is 2.35. The van der Waals surface area contributed by atoms with Crippen LogP contribution in [0.5, 0.6) is 0 Å². The number of unbranched alkanes of at least 4 members (excludes halogenated alkanes) is 1. The first kappa shape index (κ1) is 14.5. The Morgan fingerprint density at radius 1 is 1.24 bits per heavy atom. The van der Waals surface area contributed by atoms with Crippen LogP contribution < -0.4 is 5.73 Å². The van der Waals surface area contributed by atoms with Crippen LogP contribution >= 0.6 is 0 Å². The summed E-state index contributed by atoms with van der Waals surface area (Å²) >= 11 is 0. The number of hydrogen-bond donors (Lipinski definition) is 1. The van der Waals surface area contributed by atoms with Crippen molar-refractivity contribution in [2.75, 3.05) is 26.2 Å². The van der Waals surface area contributed by atoms with Crippen molar-refractivity contribution in [3.8, 4) is 0 Å². The van der Waals surface area contributed by atoms with Gasteiger partial charge >= 0.3 is 0 Å². The van der Waals surface area contributed by atoms with Crippen LogP contribution in [0.15, 0.2) is 0 Å². The number of nitrogens with two attached hydrogens (primary N) is 1. The first-order chi connectivity index (χ1) is 8.06. The lowest BCUT2D eigenvalue weighted by atomic mass is 10.1. The molecule has 100 valence electrons. The van der Waals surface area contributed by atoms with Gasteiger partial charge in [-0.2, -0.15) is 0 Å². The Morgan fingerprint density at radius 2 is 1.82 bits per heavy atom. The van der Waals surface area contributed by atoms with Crippen molar-refractivity contribution in [1.29, 1.82) is 0 Å². The zero-order valence-electron chi connectivity index (χ0n) is 11.5. The molecule has 4 nitrogen and oxygen atoms in total. The second kappa shape index (κ2) is 6.97. The first-order valence-electron chi connectivity index (χ1n) is 6.84. The molecule has 4 heteroatoms. The Labute approximate surface area is 105 Å². The quantitative estimate of drug-likeness (QED) is 0.783. The molecule has 0 aromatic heterocycles. The average molecular weight is 241 g/mol. The van der Waals surface area contributed by atoms with Gasteiger partial charge in [0.15, 0.2) is 0 Å². The predicted octanol–water partition coefficient (Wildman–Crippen LogP) is 1.06. The lowest BCUT2D eigenvalue weighted by molar-refractivity contribution is -0.134. The number of amides is 1. The molecule has 2 N–H and O–H groups in total. The monoisotopic (exact) mass is 241 g/mol. The molecule has 0 aromatic rings. The van der Waals surface area contributed by atoms with Crippen LogP contribution in [0.2, 0.25) is 0 Å². The van der Waals surface area contributed by atoms with E-state index >= 15 is 0 Å². The Hall–Kier alpha value is -0.610. The van der Waals surface area contributed by atoms with Gasteiger partial charge in [-0.15, -0.1) is 0 Å². The maximum Gasteiger partial charge on any atom is 0.239 e. The van der Waals surface area contributed by atoms with Crippen molar-refractivity contribution in [1.82, 2.24) is 9.80 Å². The highest BCUT2D eigenvalue weighted by molar-refractivity contribution is 5.81. The normalized spacial score (nSPS) is 19.7. The van der Waals surface area contributed by atoms with Gasteiger partial charge < -0.3 is 10.6 Å². The highest BCUT2D eigenvalue weighted by Gasteiger charge is 2.25. The van der Waals surface area contributed by atoms with E-state index in [2.05, 4.69) is 25.7 Å². The molecule has 1 amide bonds. The lowest BCUT2D eigenvalue weighted by Gasteiger charge is -2.37. The second-order valence-electron chi connectivity index (χ2n) is 5.20. The number of hydrogen-bond acceptors (Lipinski definition) is 3. The summed E-state index contributed by atoms with van der Waals surface area (Å²) in [5.41, 5.74) is 5.92. The summed E-state index contributed by atoms with van der Waals surface area (Å²) < 4.78 is 0. The van der Waals surface area contributed by atoms with E-state index in [1.54, 1.807) is 0 Å². The topological polar surface area (TPSA) is 49.6 Å². The van der Waals surface area contributed by atoms with E-state index in [9.17, 15) is 4.79 Å². The van der Waals surface area contributed by atoms with Gasteiger partial charge in [-0.3, -0.25) is 9.69 Å². The van der Waals surface area contributed by atoms with E-state index in [1.807, 2.05) is 4.90 Å². The zero-order chi connectivity index (χ0) is 12.8. The van der Waals surface area contributed by atoms with Crippen molar-refractivity contribution in [2.24, 2.45) is 5.73 Å². The van der Waals surface area contributed by atoms with E-state index in [0.717, 1.165) is 45.4 Å². The van der Waals surface area contributed by atoms with Gasteiger partial charge in [0.2, 0.25) is 5.91 Å². The molecule has 0 saturated carbocycles. The van der Waals surface area contributed by atoms with Gasteiger partial charge in [0.05, 0.1) is 6.04 Å². The van der Waals surface area contributed by atoms with E-state index < -0.39 is 0 Å². The zero-order valence-corrected chi connectivity index (χ0v) is 11.5. The van der Waals surface area contributed by atoms with Crippen molar-refractivity contribution in [3.05, 3.63) is 0 Å². The standard InChI is InChI=1S/C13H27N3O/c1-4-5-6-12(14)13(17)16-9-7-15(8-10-16)11(2)3/h11-12H,4-10,14H2,1-3H3. The van der Waals surface area contributed by atoms with Crippen LogP contribution in [0.1, 0.15) is 40.0 Å². The van der Waals surface area contributed by atoms with Gasteiger partial charge in [-0.05, 0) is 20.3 Å². The highest BCUT2D eigenvalue weighted by atomic mass is 16.2. The number of piperazine rings is 1. The fourth-order valence-electron chi connectivity index (χ4n) is 2.24. The summed E-state index contributed by atoms with van der Waals surface area (Å²) in [4.78, 5) is 16.4. The summed E-state index contributed by atoms with van der Waals surface area (Å²) in [6.45, 7) is 10.1. The maximum absolute atomic E-state index is 12.1. The minimum atomic E-state index is -0.291. The molecule has 17 heavy (non-hydrogen) atoms. The minimum Gasteiger partial charge on any atom is -0.339 e.